The number of rotatable bonds is 5. The molecule has 1 unspecified atom stereocenters. The van der Waals surface area contributed by atoms with Gasteiger partial charge >= 0.3 is 0 Å². The van der Waals surface area contributed by atoms with Crippen LogP contribution in [-0.4, -0.2) is 42.3 Å². The highest BCUT2D eigenvalue weighted by Gasteiger charge is 2.21. The number of para-hydroxylation sites is 1. The lowest BCUT2D eigenvalue weighted by Crippen LogP contribution is -2.29. The Hall–Kier alpha value is -2.93. The highest BCUT2D eigenvalue weighted by molar-refractivity contribution is 7.90. The molecule has 1 atom stereocenters. The molecule has 0 aliphatic rings. The molecule has 0 saturated carbocycles. The molecule has 0 aliphatic heterocycles. The number of aromatic nitrogens is 2. The molecule has 0 saturated heterocycles. The number of amides is 1. The minimum absolute atomic E-state index is 0.156. The Morgan fingerprint density at radius 2 is 1.70 bits per heavy atom. The van der Waals surface area contributed by atoms with Crippen LogP contribution in [0.25, 0.3) is 5.69 Å². The van der Waals surface area contributed by atoms with Crippen molar-refractivity contribution in [3.8, 4) is 5.69 Å². The highest BCUT2D eigenvalue weighted by Crippen LogP contribution is 2.22. The lowest BCUT2D eigenvalue weighted by molar-refractivity contribution is 0.0742. The van der Waals surface area contributed by atoms with Crippen LogP contribution in [-0.2, 0) is 9.84 Å². The van der Waals surface area contributed by atoms with Crippen LogP contribution in [0.5, 0.6) is 0 Å². The van der Waals surface area contributed by atoms with E-state index >= 15 is 0 Å². The number of carbonyl (C=O) groups excluding carboxylic acids is 1. The molecule has 0 N–H and O–H groups in total. The number of hydrogen-bond acceptors (Lipinski definition) is 4. The molecular weight excluding hydrogens is 362 g/mol. The van der Waals surface area contributed by atoms with Gasteiger partial charge in [0, 0.05) is 19.5 Å². The molecule has 0 aliphatic carbocycles. The Morgan fingerprint density at radius 3 is 2.30 bits per heavy atom. The molecule has 2 aromatic carbocycles. The van der Waals surface area contributed by atoms with Crippen LogP contribution in [0.15, 0.2) is 71.9 Å². The van der Waals surface area contributed by atoms with Gasteiger partial charge < -0.3 is 4.90 Å². The molecule has 1 aromatic heterocycles. The quantitative estimate of drug-likeness (QED) is 0.679. The molecule has 7 heteroatoms. The van der Waals surface area contributed by atoms with Gasteiger partial charge in [0.25, 0.3) is 5.91 Å². The van der Waals surface area contributed by atoms with Crippen molar-refractivity contribution in [2.75, 3.05) is 13.3 Å². The summed E-state index contributed by atoms with van der Waals surface area (Å²) in [6.45, 7) is 1.90. The first kappa shape index (κ1) is 18.8. The third-order valence-electron chi connectivity index (χ3n) is 4.54. The lowest BCUT2D eigenvalue weighted by Gasteiger charge is -2.25. The average Bonchev–Trinajstić information content (AvgIpc) is 3.16. The maximum absolute atomic E-state index is 12.8. The molecule has 0 bridgehead atoms. The third-order valence-corrected chi connectivity index (χ3v) is 5.67. The van der Waals surface area contributed by atoms with Crippen LogP contribution in [0.1, 0.15) is 28.9 Å². The van der Waals surface area contributed by atoms with Crippen LogP contribution >= 0.6 is 0 Å². The molecule has 0 fully saturated rings. The number of carbonyl (C=O) groups is 1. The second-order valence-electron chi connectivity index (χ2n) is 6.44. The lowest BCUT2D eigenvalue weighted by atomic mass is 10.1. The molecule has 6 nitrogen and oxygen atoms in total. The number of benzene rings is 2. The number of hydrogen-bond donors (Lipinski definition) is 0. The second kappa shape index (κ2) is 7.36. The van der Waals surface area contributed by atoms with Gasteiger partial charge in [-0.25, -0.2) is 13.1 Å². The normalized spacial score (nSPS) is 12.6. The molecule has 3 rings (SSSR count). The monoisotopic (exact) mass is 383 g/mol. The van der Waals surface area contributed by atoms with Crippen LogP contribution in [0.3, 0.4) is 0 Å². The van der Waals surface area contributed by atoms with Gasteiger partial charge in [0.1, 0.15) is 0 Å². The van der Waals surface area contributed by atoms with Gasteiger partial charge in [-0.2, -0.15) is 5.10 Å². The van der Waals surface area contributed by atoms with Gasteiger partial charge in [-0.05, 0) is 36.8 Å². The summed E-state index contributed by atoms with van der Waals surface area (Å²) < 4.78 is 24.8. The van der Waals surface area contributed by atoms with E-state index in [1.165, 1.54) is 6.26 Å². The summed E-state index contributed by atoms with van der Waals surface area (Å²) >= 11 is 0. The summed E-state index contributed by atoms with van der Waals surface area (Å²) in [5, 5.41) is 4.26. The first-order valence-corrected chi connectivity index (χ1v) is 10.3. The fraction of sp³-hybridized carbons (Fsp3) is 0.200. The fourth-order valence-electron chi connectivity index (χ4n) is 2.75. The zero-order valence-electron chi connectivity index (χ0n) is 15.4. The van der Waals surface area contributed by atoms with E-state index in [0.717, 1.165) is 11.3 Å². The zero-order valence-corrected chi connectivity index (χ0v) is 16.2. The summed E-state index contributed by atoms with van der Waals surface area (Å²) in [7, 11) is -1.52. The number of sulfone groups is 1. The van der Waals surface area contributed by atoms with Crippen LogP contribution in [0.4, 0.5) is 0 Å². The van der Waals surface area contributed by atoms with Gasteiger partial charge in [-0.15, -0.1) is 0 Å². The van der Waals surface area contributed by atoms with Gasteiger partial charge in [0.2, 0.25) is 0 Å². The van der Waals surface area contributed by atoms with Crippen molar-refractivity contribution >= 4 is 15.7 Å². The standard InChI is InChI=1S/C20H21N3O3S/c1-15(16-9-11-19(12-10-16)27(3,25)26)22(2)20(24)17-13-21-23(14-17)18-7-5-4-6-8-18/h4-15H,1-3H3. The van der Waals surface area contributed by atoms with E-state index in [2.05, 4.69) is 5.10 Å². The van der Waals surface area contributed by atoms with E-state index in [1.54, 1.807) is 53.3 Å². The molecule has 3 aromatic rings. The minimum atomic E-state index is -3.24. The van der Waals surface area contributed by atoms with Crippen molar-refractivity contribution in [2.24, 2.45) is 0 Å². The largest absolute Gasteiger partial charge is 0.335 e. The van der Waals surface area contributed by atoms with E-state index < -0.39 is 9.84 Å². The molecule has 0 radical (unpaired) electrons. The van der Waals surface area contributed by atoms with Gasteiger partial charge in [-0.1, -0.05) is 30.3 Å². The van der Waals surface area contributed by atoms with Gasteiger partial charge in [0.05, 0.1) is 28.4 Å². The summed E-state index contributed by atoms with van der Waals surface area (Å²) in [4.78, 5) is 14.7. The van der Waals surface area contributed by atoms with Crippen molar-refractivity contribution in [2.45, 2.75) is 17.9 Å². The predicted octanol–water partition coefficient (Wildman–Crippen LogP) is 3.11. The van der Waals surface area contributed by atoms with E-state index in [4.69, 9.17) is 0 Å². The zero-order chi connectivity index (χ0) is 19.6. The molecule has 0 spiro atoms. The first-order chi connectivity index (χ1) is 12.8. The smallest absolute Gasteiger partial charge is 0.257 e. The summed E-state index contributed by atoms with van der Waals surface area (Å²) in [6, 6.07) is 15.9. The van der Waals surface area contributed by atoms with E-state index in [0.29, 0.717) is 5.56 Å². The van der Waals surface area contributed by atoms with Crippen molar-refractivity contribution in [3.63, 3.8) is 0 Å². The Bertz CT molecular complexity index is 1040. The topological polar surface area (TPSA) is 72.3 Å². The highest BCUT2D eigenvalue weighted by atomic mass is 32.2. The SMILES string of the molecule is CC(c1ccc(S(C)(=O)=O)cc1)N(C)C(=O)c1cnn(-c2ccccc2)c1. The van der Waals surface area contributed by atoms with Gasteiger partial charge in [-0.3, -0.25) is 4.79 Å². The maximum Gasteiger partial charge on any atom is 0.257 e. The molecular formula is C20H21N3O3S. The fourth-order valence-corrected chi connectivity index (χ4v) is 3.38. The Labute approximate surface area is 159 Å². The minimum Gasteiger partial charge on any atom is -0.335 e. The van der Waals surface area contributed by atoms with E-state index in [-0.39, 0.29) is 16.8 Å². The van der Waals surface area contributed by atoms with Crippen molar-refractivity contribution < 1.29 is 13.2 Å². The van der Waals surface area contributed by atoms with Gasteiger partial charge in [0.15, 0.2) is 9.84 Å². The summed E-state index contributed by atoms with van der Waals surface area (Å²) in [5.41, 5.74) is 2.22. The Kier molecular flexibility index (Phi) is 5.14. The Morgan fingerprint density at radius 1 is 1.07 bits per heavy atom. The van der Waals surface area contributed by atoms with Crippen LogP contribution < -0.4 is 0 Å². The van der Waals surface area contributed by atoms with E-state index in [9.17, 15) is 13.2 Å². The van der Waals surface area contributed by atoms with Crippen LogP contribution in [0.2, 0.25) is 0 Å². The average molecular weight is 383 g/mol. The second-order valence-corrected chi connectivity index (χ2v) is 8.46. The molecule has 140 valence electrons. The molecule has 27 heavy (non-hydrogen) atoms. The number of nitrogens with zero attached hydrogens (tertiary/aromatic N) is 3. The van der Waals surface area contributed by atoms with E-state index in [1.807, 2.05) is 37.3 Å². The Balaban J connectivity index is 1.78. The maximum atomic E-state index is 12.8. The molecule has 1 amide bonds. The first-order valence-electron chi connectivity index (χ1n) is 8.44. The van der Waals surface area contributed by atoms with Crippen molar-refractivity contribution in [1.29, 1.82) is 0 Å². The molecule has 1 heterocycles. The third kappa shape index (κ3) is 4.09. The van der Waals surface area contributed by atoms with Crippen molar-refractivity contribution in [3.05, 3.63) is 78.1 Å². The van der Waals surface area contributed by atoms with Crippen LogP contribution in [0, 0.1) is 0 Å². The summed E-state index contributed by atoms with van der Waals surface area (Å²) in [6.07, 6.45) is 4.42. The summed E-state index contributed by atoms with van der Waals surface area (Å²) in [5.74, 6) is -0.156. The predicted molar refractivity (Wildman–Crippen MR) is 104 cm³/mol. The van der Waals surface area contributed by atoms with Crippen molar-refractivity contribution in [1.82, 2.24) is 14.7 Å².